The Kier molecular flexibility index (Phi) is 6.86. The summed E-state index contributed by atoms with van der Waals surface area (Å²) in [4.78, 5) is 28.1. The lowest BCUT2D eigenvalue weighted by Gasteiger charge is -2.23. The number of halogens is 1. The van der Waals surface area contributed by atoms with Gasteiger partial charge in [0, 0.05) is 7.05 Å². The first kappa shape index (κ1) is 21.9. The van der Waals surface area contributed by atoms with Crippen LogP contribution in [0.5, 0.6) is 5.75 Å². The van der Waals surface area contributed by atoms with Crippen LogP contribution in [0.25, 0.3) is 6.08 Å². The van der Waals surface area contributed by atoms with Crippen LogP contribution in [0.2, 0.25) is 0 Å². The third-order valence-corrected chi connectivity index (χ3v) is 5.86. The number of thiocarbonyl (C=S) groups is 1. The van der Waals surface area contributed by atoms with Gasteiger partial charge in [0.2, 0.25) is 5.91 Å². The molecule has 0 aromatic heterocycles. The van der Waals surface area contributed by atoms with Gasteiger partial charge in [-0.2, -0.15) is 0 Å². The van der Waals surface area contributed by atoms with E-state index in [1.165, 1.54) is 41.1 Å². The van der Waals surface area contributed by atoms with E-state index in [1.54, 1.807) is 30.3 Å². The molecule has 1 saturated heterocycles. The number of nitrogens with zero attached hydrogens (tertiary/aromatic N) is 2. The number of phenolic OH excluding ortho intramolecular Hbond substituents is 1. The molecule has 2 amide bonds. The highest BCUT2D eigenvalue weighted by Crippen LogP contribution is 2.32. The number of aromatic hydroxyl groups is 1. The summed E-state index contributed by atoms with van der Waals surface area (Å²) in [5.41, 5.74) is 1.21. The smallest absolute Gasteiger partial charge is 0.266 e. The van der Waals surface area contributed by atoms with Gasteiger partial charge in [-0.05, 0) is 41.5 Å². The zero-order valence-corrected chi connectivity index (χ0v) is 17.6. The maximum atomic E-state index is 13.0. The summed E-state index contributed by atoms with van der Waals surface area (Å²) in [6, 6.07) is 11.7. The number of benzene rings is 2. The van der Waals surface area contributed by atoms with Crippen LogP contribution >= 0.6 is 24.0 Å². The fourth-order valence-corrected chi connectivity index (χ4v) is 4.02. The second-order valence-corrected chi connectivity index (χ2v) is 8.38. The monoisotopic (exact) mass is 446 g/mol. The van der Waals surface area contributed by atoms with Crippen molar-refractivity contribution >= 4 is 46.2 Å². The maximum Gasteiger partial charge on any atom is 0.266 e. The Morgan fingerprint density at radius 1 is 1.23 bits per heavy atom. The van der Waals surface area contributed by atoms with Crippen LogP contribution in [-0.4, -0.2) is 56.3 Å². The molecule has 30 heavy (non-hydrogen) atoms. The van der Waals surface area contributed by atoms with Crippen molar-refractivity contribution < 1.29 is 24.2 Å². The molecule has 0 radical (unpaired) electrons. The predicted octanol–water partition coefficient (Wildman–Crippen LogP) is 2.92. The lowest BCUT2D eigenvalue weighted by molar-refractivity contribution is -0.135. The number of aliphatic hydroxyl groups excluding tert-OH is 1. The summed E-state index contributed by atoms with van der Waals surface area (Å²) in [6.45, 7) is -0.228. The lowest BCUT2D eigenvalue weighted by Crippen LogP contribution is -2.41. The molecular weight excluding hydrogens is 427 g/mol. The van der Waals surface area contributed by atoms with Gasteiger partial charge in [-0.1, -0.05) is 48.2 Å². The standard InChI is InChI=1S/C21H19FN2O4S2/c1-23(11-17(26)14-4-8-16(25)9-5-14)19(27)12-24-20(28)18(30-21(24)29)10-13-2-6-15(22)7-3-13/h2-10,17,25-26H,11-12H2,1H3. The Morgan fingerprint density at radius 3 is 2.50 bits per heavy atom. The molecule has 1 unspecified atom stereocenters. The van der Waals surface area contributed by atoms with Crippen LogP contribution in [0.3, 0.4) is 0 Å². The van der Waals surface area contributed by atoms with Crippen molar-refractivity contribution in [3.8, 4) is 5.75 Å². The van der Waals surface area contributed by atoms with E-state index in [0.717, 1.165) is 11.8 Å². The number of carbonyl (C=O) groups is 2. The molecule has 9 heteroatoms. The Labute approximate surface area is 182 Å². The molecule has 1 aliphatic heterocycles. The lowest BCUT2D eigenvalue weighted by atomic mass is 10.1. The van der Waals surface area contributed by atoms with Crippen LogP contribution in [0, 0.1) is 5.82 Å². The molecule has 2 aromatic carbocycles. The Morgan fingerprint density at radius 2 is 1.87 bits per heavy atom. The summed E-state index contributed by atoms with van der Waals surface area (Å²) < 4.78 is 13.3. The van der Waals surface area contributed by atoms with Gasteiger partial charge in [-0.3, -0.25) is 14.5 Å². The Hall–Kier alpha value is -2.75. The molecule has 2 aromatic rings. The van der Waals surface area contributed by atoms with Gasteiger partial charge in [0.25, 0.3) is 5.91 Å². The van der Waals surface area contributed by atoms with Gasteiger partial charge in [0.1, 0.15) is 22.4 Å². The van der Waals surface area contributed by atoms with Crippen LogP contribution < -0.4 is 0 Å². The molecule has 0 aliphatic carbocycles. The minimum atomic E-state index is -0.941. The van der Waals surface area contributed by atoms with E-state index >= 15 is 0 Å². The fourth-order valence-electron chi connectivity index (χ4n) is 2.77. The molecule has 1 heterocycles. The van der Waals surface area contributed by atoms with Gasteiger partial charge in [-0.15, -0.1) is 0 Å². The highest BCUT2D eigenvalue weighted by atomic mass is 32.2. The van der Waals surface area contributed by atoms with Gasteiger partial charge in [0.15, 0.2) is 0 Å². The van der Waals surface area contributed by atoms with E-state index in [4.69, 9.17) is 12.2 Å². The highest BCUT2D eigenvalue weighted by molar-refractivity contribution is 8.26. The Bertz CT molecular complexity index is 993. The average molecular weight is 447 g/mol. The molecule has 156 valence electrons. The number of thioether (sulfide) groups is 1. The van der Waals surface area contributed by atoms with Crippen LogP contribution in [0.15, 0.2) is 53.4 Å². The summed E-state index contributed by atoms with van der Waals surface area (Å²) in [7, 11) is 1.53. The largest absolute Gasteiger partial charge is 0.508 e. The number of phenols is 1. The van der Waals surface area contributed by atoms with Crippen molar-refractivity contribution in [3.63, 3.8) is 0 Å². The molecule has 0 bridgehead atoms. The average Bonchev–Trinajstić information content (AvgIpc) is 2.97. The minimum absolute atomic E-state index is 0.0177. The number of amides is 2. The van der Waals surface area contributed by atoms with Crippen LogP contribution in [0.1, 0.15) is 17.2 Å². The number of rotatable bonds is 6. The van der Waals surface area contributed by atoms with Crippen molar-refractivity contribution in [1.82, 2.24) is 9.80 Å². The van der Waals surface area contributed by atoms with Crippen molar-refractivity contribution in [1.29, 1.82) is 0 Å². The van der Waals surface area contributed by atoms with E-state index < -0.39 is 12.0 Å². The Balaban J connectivity index is 1.62. The number of carbonyl (C=O) groups excluding carboxylic acids is 2. The fraction of sp³-hybridized carbons (Fsp3) is 0.190. The number of likely N-dealkylation sites (N-methyl/N-ethyl adjacent to an activating group) is 1. The van der Waals surface area contributed by atoms with E-state index in [0.29, 0.717) is 16.0 Å². The molecule has 1 fully saturated rings. The molecule has 1 atom stereocenters. The molecule has 0 spiro atoms. The van der Waals surface area contributed by atoms with E-state index in [1.807, 2.05) is 0 Å². The molecule has 2 N–H and O–H groups in total. The first-order chi connectivity index (χ1) is 14.2. The molecule has 6 nitrogen and oxygen atoms in total. The minimum Gasteiger partial charge on any atom is -0.508 e. The third-order valence-electron chi connectivity index (χ3n) is 4.49. The van der Waals surface area contributed by atoms with Crippen molar-refractivity contribution in [3.05, 3.63) is 70.4 Å². The van der Waals surface area contributed by atoms with Gasteiger partial charge >= 0.3 is 0 Å². The summed E-state index contributed by atoms with van der Waals surface area (Å²) >= 11 is 6.31. The van der Waals surface area contributed by atoms with Gasteiger partial charge in [-0.25, -0.2) is 4.39 Å². The summed E-state index contributed by atoms with van der Waals surface area (Å²) in [5.74, 6) is -1.07. The van der Waals surface area contributed by atoms with Crippen molar-refractivity contribution in [2.45, 2.75) is 6.10 Å². The number of hydrogen-bond acceptors (Lipinski definition) is 6. The van der Waals surface area contributed by atoms with E-state index in [9.17, 15) is 24.2 Å². The van der Waals surface area contributed by atoms with Crippen molar-refractivity contribution in [2.24, 2.45) is 0 Å². The number of aliphatic hydroxyl groups is 1. The van der Waals surface area contributed by atoms with E-state index in [2.05, 4.69) is 0 Å². The highest BCUT2D eigenvalue weighted by Gasteiger charge is 2.34. The molecule has 3 rings (SSSR count). The SMILES string of the molecule is CN(CC(O)c1ccc(O)cc1)C(=O)CN1C(=O)C(=Cc2ccc(F)cc2)SC1=S. The van der Waals surface area contributed by atoms with Crippen molar-refractivity contribution in [2.75, 3.05) is 20.1 Å². The van der Waals surface area contributed by atoms with Gasteiger partial charge < -0.3 is 15.1 Å². The van der Waals surface area contributed by atoms with E-state index in [-0.39, 0.29) is 34.9 Å². The number of hydrogen-bond donors (Lipinski definition) is 2. The molecule has 0 saturated carbocycles. The van der Waals surface area contributed by atoms with Crippen LogP contribution in [-0.2, 0) is 9.59 Å². The molecule has 1 aliphatic rings. The molecular formula is C21H19FN2O4S2. The zero-order chi connectivity index (χ0) is 21.8. The summed E-state index contributed by atoms with van der Waals surface area (Å²) in [6.07, 6.45) is 0.658. The van der Waals surface area contributed by atoms with Crippen LogP contribution in [0.4, 0.5) is 4.39 Å². The second kappa shape index (κ2) is 9.38. The second-order valence-electron chi connectivity index (χ2n) is 6.70. The predicted molar refractivity (Wildman–Crippen MR) is 117 cm³/mol. The first-order valence-corrected chi connectivity index (χ1v) is 10.2. The quantitative estimate of drug-likeness (QED) is 0.525. The van der Waals surface area contributed by atoms with Gasteiger partial charge in [0.05, 0.1) is 17.6 Å². The maximum absolute atomic E-state index is 13.0. The third kappa shape index (κ3) is 5.24. The topological polar surface area (TPSA) is 81.1 Å². The normalized spacial score (nSPS) is 16.2. The first-order valence-electron chi connectivity index (χ1n) is 8.96. The zero-order valence-electron chi connectivity index (χ0n) is 16.0. The summed E-state index contributed by atoms with van der Waals surface area (Å²) in [5, 5.41) is 19.6.